The second kappa shape index (κ2) is 13.7. The van der Waals surface area contributed by atoms with Crippen molar-refractivity contribution in [3.05, 3.63) is 221 Å². The summed E-state index contributed by atoms with van der Waals surface area (Å²) >= 11 is 0. The first-order valence-corrected chi connectivity index (χ1v) is 22.3. The Labute approximate surface area is 355 Å². The van der Waals surface area contributed by atoms with Crippen LogP contribution in [-0.2, 0) is 10.8 Å². The van der Waals surface area contributed by atoms with Crippen molar-refractivity contribution < 1.29 is 0 Å². The van der Waals surface area contributed by atoms with Gasteiger partial charge in [0.15, 0.2) is 0 Å². The fourth-order valence-corrected chi connectivity index (χ4v) is 13.2. The maximum atomic E-state index is 2.62. The number of fused-ring (bicyclic) bond motifs is 4. The third-order valence-corrected chi connectivity index (χ3v) is 15.3. The van der Waals surface area contributed by atoms with E-state index in [1.54, 1.807) is 5.56 Å². The second-order valence-electron chi connectivity index (χ2n) is 18.8. The van der Waals surface area contributed by atoms with Gasteiger partial charge in [0.1, 0.15) is 0 Å². The Morgan fingerprint density at radius 1 is 0.417 bits per heavy atom. The molecule has 1 nitrogen and oxygen atoms in total. The molecule has 13 rings (SSSR count). The van der Waals surface area contributed by atoms with Crippen LogP contribution >= 0.6 is 0 Å². The minimum absolute atomic E-state index is 0.283. The fourth-order valence-electron chi connectivity index (χ4n) is 13.2. The molecule has 0 saturated heterocycles. The Balaban J connectivity index is 1.15. The quantitative estimate of drug-likeness (QED) is 0.156. The summed E-state index contributed by atoms with van der Waals surface area (Å²) in [7, 11) is 0. The molecule has 292 valence electrons. The average Bonchev–Trinajstić information content (AvgIpc) is 3.58. The predicted molar refractivity (Wildman–Crippen MR) is 251 cm³/mol. The molecule has 4 bridgehead atoms. The van der Waals surface area contributed by atoms with E-state index < -0.39 is 5.41 Å². The number of hydrogen-bond acceptors (Lipinski definition) is 1. The summed E-state index contributed by atoms with van der Waals surface area (Å²) in [6, 6.07) is 69.4. The molecule has 0 unspecified atom stereocenters. The zero-order valence-corrected chi connectivity index (χ0v) is 34.7. The van der Waals surface area contributed by atoms with E-state index in [0.29, 0.717) is 0 Å². The Kier molecular flexibility index (Phi) is 8.15. The molecule has 0 amide bonds. The molecule has 60 heavy (non-hydrogen) atoms. The van der Waals surface area contributed by atoms with Gasteiger partial charge in [0.05, 0.1) is 11.1 Å². The van der Waals surface area contributed by atoms with Crippen molar-refractivity contribution in [3.8, 4) is 22.3 Å². The first kappa shape index (κ1) is 35.7. The maximum absolute atomic E-state index is 2.62. The molecule has 5 aliphatic carbocycles. The van der Waals surface area contributed by atoms with E-state index in [9.17, 15) is 0 Å². The number of nitrogens with zero attached hydrogens (tertiary/aromatic N) is 1. The van der Waals surface area contributed by atoms with Crippen LogP contribution in [0, 0.1) is 31.6 Å². The zero-order chi connectivity index (χ0) is 40.0. The van der Waals surface area contributed by atoms with Crippen LogP contribution in [-0.4, -0.2) is 0 Å². The van der Waals surface area contributed by atoms with Crippen molar-refractivity contribution >= 4 is 27.8 Å². The van der Waals surface area contributed by atoms with Crippen molar-refractivity contribution in [2.45, 2.75) is 63.2 Å². The van der Waals surface area contributed by atoms with Crippen LogP contribution in [0.2, 0.25) is 0 Å². The van der Waals surface area contributed by atoms with Crippen molar-refractivity contribution in [1.82, 2.24) is 0 Å². The zero-order valence-electron chi connectivity index (χ0n) is 34.7. The molecule has 0 aromatic heterocycles. The lowest BCUT2D eigenvalue weighted by molar-refractivity contribution is -0.00516. The molecule has 0 spiro atoms. The highest BCUT2D eigenvalue weighted by atomic mass is 15.1. The summed E-state index contributed by atoms with van der Waals surface area (Å²) in [5, 5.41) is 2.51. The number of anilines is 3. The predicted octanol–water partition coefficient (Wildman–Crippen LogP) is 15.4. The molecule has 0 radical (unpaired) electrons. The van der Waals surface area contributed by atoms with Crippen molar-refractivity contribution in [1.29, 1.82) is 0 Å². The molecular weight excluding hydrogens is 723 g/mol. The third-order valence-electron chi connectivity index (χ3n) is 15.3. The van der Waals surface area contributed by atoms with Gasteiger partial charge in [0.2, 0.25) is 0 Å². The molecule has 8 aromatic carbocycles. The average molecular weight is 774 g/mol. The normalized spacial score (nSPS) is 21.8. The fraction of sp³-hybridized carbons (Fsp3) is 0.220. The molecule has 0 atom stereocenters. The van der Waals surface area contributed by atoms with Gasteiger partial charge in [0.25, 0.3) is 0 Å². The number of hydrogen-bond donors (Lipinski definition) is 0. The van der Waals surface area contributed by atoms with Crippen LogP contribution in [0.4, 0.5) is 17.1 Å². The van der Waals surface area contributed by atoms with E-state index in [4.69, 9.17) is 0 Å². The Morgan fingerprint density at radius 3 is 1.67 bits per heavy atom. The van der Waals surface area contributed by atoms with Gasteiger partial charge in [-0.3, -0.25) is 0 Å². The molecule has 8 aromatic rings. The van der Waals surface area contributed by atoms with Crippen LogP contribution in [0.5, 0.6) is 0 Å². The largest absolute Gasteiger partial charge is 0.310 e. The Bertz CT molecular complexity index is 2860. The third kappa shape index (κ3) is 5.37. The van der Waals surface area contributed by atoms with Gasteiger partial charge in [-0.1, -0.05) is 146 Å². The van der Waals surface area contributed by atoms with Crippen molar-refractivity contribution in [2.24, 2.45) is 17.8 Å². The van der Waals surface area contributed by atoms with E-state index in [0.717, 1.165) is 17.8 Å². The van der Waals surface area contributed by atoms with Crippen LogP contribution < -0.4 is 4.90 Å². The van der Waals surface area contributed by atoms with Gasteiger partial charge in [0, 0.05) is 16.9 Å². The minimum atomic E-state index is -0.496. The van der Waals surface area contributed by atoms with E-state index >= 15 is 0 Å². The van der Waals surface area contributed by atoms with E-state index in [1.165, 1.54) is 122 Å². The molecule has 0 N–H and O–H groups in total. The second-order valence-corrected chi connectivity index (χ2v) is 18.8. The van der Waals surface area contributed by atoms with Crippen molar-refractivity contribution in [2.75, 3.05) is 4.90 Å². The Hall–Kier alpha value is -6.18. The van der Waals surface area contributed by atoms with Gasteiger partial charge in [-0.25, -0.2) is 0 Å². The lowest BCUT2D eigenvalue weighted by Crippen LogP contribution is -2.48. The van der Waals surface area contributed by atoms with Gasteiger partial charge in [-0.05, 0) is 178 Å². The summed E-state index contributed by atoms with van der Waals surface area (Å²) < 4.78 is 0. The molecule has 4 fully saturated rings. The molecular formula is C59H51N. The highest BCUT2D eigenvalue weighted by Crippen LogP contribution is 2.62. The number of benzene rings is 8. The lowest BCUT2D eigenvalue weighted by Gasteiger charge is -2.57. The minimum Gasteiger partial charge on any atom is -0.310 e. The van der Waals surface area contributed by atoms with E-state index in [2.05, 4.69) is 201 Å². The number of aryl methyl sites for hydroxylation is 2. The lowest BCUT2D eigenvalue weighted by atomic mass is 9.48. The summed E-state index contributed by atoms with van der Waals surface area (Å²) in [5.41, 5.74) is 18.0. The van der Waals surface area contributed by atoms with Crippen LogP contribution in [0.15, 0.2) is 182 Å². The SMILES string of the molecule is Cc1ccccc1-c1cc2ccccc2cc1N(c1cccc(C23CC4CC(CC(C4)C2)C3)c1)c1ccc2c(c1)C(c1ccccc1)(c1ccccc1)c1cccc(C)c1-2. The van der Waals surface area contributed by atoms with Gasteiger partial charge < -0.3 is 4.90 Å². The van der Waals surface area contributed by atoms with Crippen LogP contribution in [0.25, 0.3) is 33.0 Å². The monoisotopic (exact) mass is 773 g/mol. The molecule has 0 aliphatic heterocycles. The molecule has 4 saturated carbocycles. The summed E-state index contributed by atoms with van der Waals surface area (Å²) in [6.07, 6.45) is 8.39. The van der Waals surface area contributed by atoms with Crippen molar-refractivity contribution in [3.63, 3.8) is 0 Å². The van der Waals surface area contributed by atoms with E-state index in [-0.39, 0.29) is 5.41 Å². The van der Waals surface area contributed by atoms with E-state index in [1.807, 2.05) is 0 Å². The summed E-state index contributed by atoms with van der Waals surface area (Å²) in [4.78, 5) is 2.62. The molecule has 5 aliphatic rings. The standard InChI is InChI=1S/C59H51N/c1-39-15-9-12-25-51(39)53-32-44-17-10-11-18-45(44)33-56(53)60(49-24-14-23-48(34-49)58-36-41-29-42(37-58)31-43(30-41)38-58)50-27-28-52-55(35-50)59(46-19-5-3-6-20-46,47-21-7-4-8-22-47)54-26-13-16-40(2)57(52)54/h3-28,32-35,41-43H,29-31,36-38H2,1-2H3. The highest BCUT2D eigenvalue weighted by molar-refractivity contribution is 5.99. The summed E-state index contributed by atoms with van der Waals surface area (Å²) in [5.74, 6) is 2.65. The molecule has 0 heterocycles. The smallest absolute Gasteiger partial charge is 0.0714 e. The molecule has 1 heteroatoms. The maximum Gasteiger partial charge on any atom is 0.0714 e. The Morgan fingerprint density at radius 2 is 0.983 bits per heavy atom. The number of rotatable bonds is 7. The highest BCUT2D eigenvalue weighted by Gasteiger charge is 2.52. The summed E-state index contributed by atoms with van der Waals surface area (Å²) in [6.45, 7) is 4.55. The van der Waals surface area contributed by atoms with Crippen LogP contribution in [0.3, 0.4) is 0 Å². The van der Waals surface area contributed by atoms with Gasteiger partial charge in [-0.2, -0.15) is 0 Å². The first-order chi connectivity index (χ1) is 29.5. The van der Waals surface area contributed by atoms with Crippen LogP contribution in [0.1, 0.15) is 77.5 Å². The topological polar surface area (TPSA) is 3.24 Å². The first-order valence-electron chi connectivity index (χ1n) is 22.3. The van der Waals surface area contributed by atoms with Gasteiger partial charge in [-0.15, -0.1) is 0 Å². The van der Waals surface area contributed by atoms with Gasteiger partial charge >= 0.3 is 0 Å².